The molecule has 1 saturated heterocycles. The average molecular weight is 307 g/mol. The average Bonchev–Trinajstić information content (AvgIpc) is 2.97. The first-order valence-electron chi connectivity index (χ1n) is 7.71. The molecule has 1 atom stereocenters. The number of piperidine rings is 1. The van der Waals surface area contributed by atoms with Crippen molar-refractivity contribution in [2.24, 2.45) is 0 Å². The lowest BCUT2D eigenvalue weighted by molar-refractivity contribution is -0.147. The van der Waals surface area contributed by atoms with Gasteiger partial charge < -0.3 is 9.64 Å². The summed E-state index contributed by atoms with van der Waals surface area (Å²) in [6.45, 7) is 0.654. The van der Waals surface area contributed by atoms with Gasteiger partial charge in [0.2, 0.25) is 0 Å². The van der Waals surface area contributed by atoms with Gasteiger partial charge in [0.15, 0.2) is 0 Å². The van der Waals surface area contributed by atoms with Crippen LogP contribution in [0, 0.1) is 0 Å². The monoisotopic (exact) mass is 307 g/mol. The van der Waals surface area contributed by atoms with Crippen LogP contribution in [0.2, 0.25) is 0 Å². The number of amides is 1. The first kappa shape index (κ1) is 14.6. The molecule has 2 heterocycles. The van der Waals surface area contributed by atoms with Gasteiger partial charge in [0, 0.05) is 11.4 Å². The Morgan fingerprint density at radius 2 is 2.05 bits per heavy atom. The van der Waals surface area contributed by atoms with E-state index in [-0.39, 0.29) is 11.9 Å². The van der Waals surface area contributed by atoms with Crippen LogP contribution < -0.4 is 0 Å². The van der Waals surface area contributed by atoms with E-state index in [0.717, 1.165) is 30.6 Å². The molecule has 1 amide bonds. The van der Waals surface area contributed by atoms with Crippen LogP contribution in [0.4, 0.5) is 0 Å². The van der Waals surface area contributed by atoms with E-state index in [1.807, 2.05) is 6.07 Å². The number of aryl methyl sites for hydroxylation is 2. The van der Waals surface area contributed by atoms with Crippen molar-refractivity contribution >= 4 is 23.2 Å². The Bertz CT molecular complexity index is 528. The van der Waals surface area contributed by atoms with Gasteiger partial charge in [0.25, 0.3) is 5.91 Å². The number of esters is 1. The van der Waals surface area contributed by atoms with Crippen molar-refractivity contribution in [2.45, 2.75) is 51.0 Å². The SMILES string of the molecule is COC(=O)C1CCCCN1C(=O)c1cc2c(s1)CCCC2. The third-order valence-electron chi connectivity index (χ3n) is 4.44. The van der Waals surface area contributed by atoms with Gasteiger partial charge in [-0.05, 0) is 56.6 Å². The van der Waals surface area contributed by atoms with E-state index in [4.69, 9.17) is 4.74 Å². The lowest BCUT2D eigenvalue weighted by atomic mass is 9.99. The van der Waals surface area contributed by atoms with E-state index in [9.17, 15) is 9.59 Å². The Morgan fingerprint density at radius 3 is 2.81 bits per heavy atom. The van der Waals surface area contributed by atoms with Crippen molar-refractivity contribution in [2.75, 3.05) is 13.7 Å². The zero-order valence-corrected chi connectivity index (χ0v) is 13.2. The van der Waals surface area contributed by atoms with Gasteiger partial charge in [-0.2, -0.15) is 0 Å². The van der Waals surface area contributed by atoms with Crippen molar-refractivity contribution in [3.05, 3.63) is 21.4 Å². The molecule has 3 rings (SSSR count). The fraction of sp³-hybridized carbons (Fsp3) is 0.625. The molecule has 1 aliphatic heterocycles. The highest BCUT2D eigenvalue weighted by molar-refractivity contribution is 7.14. The largest absolute Gasteiger partial charge is 0.467 e. The summed E-state index contributed by atoms with van der Waals surface area (Å²) in [5, 5.41) is 0. The maximum absolute atomic E-state index is 12.8. The molecule has 2 aliphatic rings. The van der Waals surface area contributed by atoms with E-state index in [1.165, 1.54) is 30.4 Å². The number of hydrogen-bond donors (Lipinski definition) is 0. The molecule has 1 fully saturated rings. The molecule has 0 aromatic carbocycles. The molecule has 0 N–H and O–H groups in total. The van der Waals surface area contributed by atoms with Crippen molar-refractivity contribution in [1.29, 1.82) is 0 Å². The summed E-state index contributed by atoms with van der Waals surface area (Å²) >= 11 is 1.62. The van der Waals surface area contributed by atoms with Gasteiger partial charge in [-0.3, -0.25) is 4.79 Å². The first-order valence-corrected chi connectivity index (χ1v) is 8.52. The van der Waals surface area contributed by atoms with Crippen LogP contribution in [0.3, 0.4) is 0 Å². The highest BCUT2D eigenvalue weighted by atomic mass is 32.1. The second-order valence-electron chi connectivity index (χ2n) is 5.80. The molecule has 4 nitrogen and oxygen atoms in total. The Balaban J connectivity index is 1.82. The molecule has 5 heteroatoms. The molecule has 1 aromatic heterocycles. The maximum atomic E-state index is 12.8. The van der Waals surface area contributed by atoms with Gasteiger partial charge in [-0.1, -0.05) is 0 Å². The summed E-state index contributed by atoms with van der Waals surface area (Å²) in [4.78, 5) is 28.5. The van der Waals surface area contributed by atoms with Gasteiger partial charge in [0.05, 0.1) is 12.0 Å². The molecule has 0 bridgehead atoms. The minimum absolute atomic E-state index is 0.00417. The molecular weight excluding hydrogens is 286 g/mol. The van der Waals surface area contributed by atoms with Gasteiger partial charge in [-0.15, -0.1) is 11.3 Å². The fourth-order valence-corrected chi connectivity index (χ4v) is 4.50. The minimum Gasteiger partial charge on any atom is -0.467 e. The maximum Gasteiger partial charge on any atom is 0.328 e. The lowest BCUT2D eigenvalue weighted by Gasteiger charge is -2.33. The summed E-state index contributed by atoms with van der Waals surface area (Å²) in [6, 6.07) is 1.64. The number of fused-ring (bicyclic) bond motifs is 1. The second kappa shape index (κ2) is 6.18. The quantitative estimate of drug-likeness (QED) is 0.789. The number of methoxy groups -OCH3 is 1. The minimum atomic E-state index is -0.407. The van der Waals surface area contributed by atoms with Crippen LogP contribution in [0.1, 0.15) is 52.2 Å². The summed E-state index contributed by atoms with van der Waals surface area (Å²) in [5.41, 5.74) is 1.33. The highest BCUT2D eigenvalue weighted by Gasteiger charge is 2.34. The van der Waals surface area contributed by atoms with Crippen LogP contribution in [-0.4, -0.2) is 36.5 Å². The van der Waals surface area contributed by atoms with Crippen molar-refractivity contribution in [3.63, 3.8) is 0 Å². The normalized spacial score (nSPS) is 21.8. The number of hydrogen-bond acceptors (Lipinski definition) is 4. The summed E-state index contributed by atoms with van der Waals surface area (Å²) in [5.74, 6) is -0.283. The topological polar surface area (TPSA) is 46.6 Å². The summed E-state index contributed by atoms with van der Waals surface area (Å²) in [6.07, 6.45) is 7.26. The van der Waals surface area contributed by atoms with Gasteiger partial charge in [0.1, 0.15) is 6.04 Å². The van der Waals surface area contributed by atoms with Crippen molar-refractivity contribution in [3.8, 4) is 0 Å². The van der Waals surface area contributed by atoms with Gasteiger partial charge in [-0.25, -0.2) is 4.79 Å². The van der Waals surface area contributed by atoms with E-state index in [1.54, 1.807) is 16.2 Å². The molecular formula is C16H21NO3S. The second-order valence-corrected chi connectivity index (χ2v) is 6.94. The van der Waals surface area contributed by atoms with E-state index >= 15 is 0 Å². The Morgan fingerprint density at radius 1 is 1.24 bits per heavy atom. The molecule has 1 aliphatic carbocycles. The number of nitrogens with zero attached hydrogens (tertiary/aromatic N) is 1. The highest BCUT2D eigenvalue weighted by Crippen LogP contribution is 2.31. The smallest absolute Gasteiger partial charge is 0.328 e. The van der Waals surface area contributed by atoms with E-state index in [2.05, 4.69) is 0 Å². The number of carbonyl (C=O) groups is 2. The van der Waals surface area contributed by atoms with Crippen molar-refractivity contribution < 1.29 is 14.3 Å². The molecule has 1 aromatic rings. The molecule has 0 spiro atoms. The lowest BCUT2D eigenvalue weighted by Crippen LogP contribution is -2.48. The molecule has 0 saturated carbocycles. The Hall–Kier alpha value is -1.36. The first-order chi connectivity index (χ1) is 10.2. The third kappa shape index (κ3) is 2.84. The van der Waals surface area contributed by atoms with Gasteiger partial charge >= 0.3 is 5.97 Å². The number of thiophene rings is 1. The Labute approximate surface area is 129 Å². The Kier molecular flexibility index (Phi) is 4.29. The van der Waals surface area contributed by atoms with Crippen LogP contribution in [-0.2, 0) is 22.4 Å². The number of rotatable bonds is 2. The predicted molar refractivity (Wildman–Crippen MR) is 81.7 cm³/mol. The molecule has 0 radical (unpaired) electrons. The number of carbonyl (C=O) groups excluding carboxylic acids is 2. The van der Waals surface area contributed by atoms with Crippen LogP contribution in [0.15, 0.2) is 6.07 Å². The number of likely N-dealkylation sites (tertiary alicyclic amines) is 1. The van der Waals surface area contributed by atoms with E-state index < -0.39 is 6.04 Å². The van der Waals surface area contributed by atoms with Crippen molar-refractivity contribution in [1.82, 2.24) is 4.90 Å². The third-order valence-corrected chi connectivity index (χ3v) is 5.67. The standard InChI is InChI=1S/C16H21NO3S/c1-20-16(19)12-7-4-5-9-17(12)15(18)14-10-11-6-2-3-8-13(11)21-14/h10,12H,2-9H2,1H3. The summed E-state index contributed by atoms with van der Waals surface area (Å²) in [7, 11) is 1.39. The fourth-order valence-electron chi connectivity index (χ4n) is 3.29. The van der Waals surface area contributed by atoms with Crippen LogP contribution >= 0.6 is 11.3 Å². The molecule has 1 unspecified atom stereocenters. The number of ether oxygens (including phenoxy) is 1. The predicted octanol–water partition coefficient (Wildman–Crippen LogP) is 2.79. The molecule has 21 heavy (non-hydrogen) atoms. The zero-order valence-electron chi connectivity index (χ0n) is 12.4. The van der Waals surface area contributed by atoms with Crippen LogP contribution in [0.25, 0.3) is 0 Å². The van der Waals surface area contributed by atoms with E-state index in [0.29, 0.717) is 13.0 Å². The van der Waals surface area contributed by atoms with Crippen LogP contribution in [0.5, 0.6) is 0 Å². The summed E-state index contributed by atoms with van der Waals surface area (Å²) < 4.78 is 4.86. The zero-order chi connectivity index (χ0) is 14.8. The molecule has 114 valence electrons.